The molecule has 0 bridgehead atoms. The highest BCUT2D eigenvalue weighted by molar-refractivity contribution is 6.06. The molecule has 2 atom stereocenters. The maximum atomic E-state index is 12.4. The van der Waals surface area contributed by atoms with Crippen LogP contribution in [0, 0.1) is 0 Å². The Labute approximate surface area is 121 Å². The van der Waals surface area contributed by atoms with E-state index in [0.717, 1.165) is 19.4 Å². The minimum absolute atomic E-state index is 0.0530. The van der Waals surface area contributed by atoms with Crippen molar-refractivity contribution < 1.29 is 9.59 Å². The summed E-state index contributed by atoms with van der Waals surface area (Å²) in [6, 6.07) is 0.284. The van der Waals surface area contributed by atoms with Gasteiger partial charge in [-0.25, -0.2) is 4.79 Å². The van der Waals surface area contributed by atoms with E-state index < -0.39 is 5.54 Å². The lowest BCUT2D eigenvalue weighted by Crippen LogP contribution is -2.44. The summed E-state index contributed by atoms with van der Waals surface area (Å²) in [5.41, 5.74) is -0.690. The molecule has 0 unspecified atom stereocenters. The predicted octanol–water partition coefficient (Wildman–Crippen LogP) is 1.97. The summed E-state index contributed by atoms with van der Waals surface area (Å²) in [4.78, 5) is 28.2. The molecule has 2 heterocycles. The Morgan fingerprint density at radius 3 is 2.75 bits per heavy atom. The average Bonchev–Trinajstić information content (AvgIpc) is 2.60. The zero-order chi connectivity index (χ0) is 14.8. The van der Waals surface area contributed by atoms with Crippen molar-refractivity contribution in [2.75, 3.05) is 20.1 Å². The van der Waals surface area contributed by atoms with Crippen LogP contribution >= 0.6 is 0 Å². The first kappa shape index (κ1) is 15.3. The molecule has 0 aromatic rings. The zero-order valence-corrected chi connectivity index (χ0v) is 12.9. The van der Waals surface area contributed by atoms with Crippen LogP contribution in [-0.2, 0) is 4.79 Å². The molecule has 20 heavy (non-hydrogen) atoms. The normalized spacial score (nSPS) is 31.8. The lowest BCUT2D eigenvalue weighted by molar-refractivity contribution is -0.131. The maximum Gasteiger partial charge on any atom is 0.325 e. The smallest absolute Gasteiger partial charge is 0.323 e. The number of carbonyl (C=O) groups excluding carboxylic acids is 2. The number of nitrogens with one attached hydrogen (secondary N) is 1. The summed E-state index contributed by atoms with van der Waals surface area (Å²) in [6.07, 6.45) is 6.16. The second kappa shape index (κ2) is 6.12. The van der Waals surface area contributed by atoms with Gasteiger partial charge < -0.3 is 10.2 Å². The van der Waals surface area contributed by atoms with Gasteiger partial charge in [0.25, 0.3) is 5.91 Å². The number of hydrogen-bond acceptors (Lipinski definition) is 3. The summed E-state index contributed by atoms with van der Waals surface area (Å²) in [7, 11) is 2.14. The third kappa shape index (κ3) is 2.97. The van der Waals surface area contributed by atoms with E-state index in [9.17, 15) is 9.59 Å². The van der Waals surface area contributed by atoms with E-state index in [1.165, 1.54) is 24.2 Å². The highest BCUT2D eigenvalue weighted by atomic mass is 16.2. The van der Waals surface area contributed by atoms with Crippen LogP contribution in [0.3, 0.4) is 0 Å². The molecule has 0 saturated carbocycles. The Bertz CT molecular complexity index is 385. The summed E-state index contributed by atoms with van der Waals surface area (Å²) in [5, 5.41) is 2.85. The molecule has 2 aliphatic rings. The van der Waals surface area contributed by atoms with E-state index in [1.54, 1.807) is 0 Å². The van der Waals surface area contributed by atoms with E-state index in [1.807, 2.05) is 13.8 Å². The topological polar surface area (TPSA) is 52.7 Å². The van der Waals surface area contributed by atoms with Crippen molar-refractivity contribution in [1.29, 1.82) is 0 Å². The van der Waals surface area contributed by atoms with Gasteiger partial charge in [0.2, 0.25) is 0 Å². The van der Waals surface area contributed by atoms with Crippen LogP contribution in [0.4, 0.5) is 4.79 Å². The van der Waals surface area contributed by atoms with Crippen molar-refractivity contribution in [2.45, 2.75) is 64.0 Å². The summed E-state index contributed by atoms with van der Waals surface area (Å²) >= 11 is 0. The van der Waals surface area contributed by atoms with E-state index in [4.69, 9.17) is 0 Å². The highest BCUT2D eigenvalue weighted by Gasteiger charge is 2.46. The molecule has 2 saturated heterocycles. The molecule has 3 amide bonds. The molecule has 0 radical (unpaired) electrons. The van der Waals surface area contributed by atoms with Gasteiger partial charge >= 0.3 is 6.03 Å². The fourth-order valence-electron chi connectivity index (χ4n) is 3.41. The molecule has 2 rings (SSSR count). The second-order valence-electron chi connectivity index (χ2n) is 6.39. The molecular weight excluding hydrogens is 254 g/mol. The first-order chi connectivity index (χ1) is 9.48. The van der Waals surface area contributed by atoms with Crippen molar-refractivity contribution >= 4 is 11.9 Å². The van der Waals surface area contributed by atoms with Gasteiger partial charge in [0.05, 0.1) is 0 Å². The third-order valence-corrected chi connectivity index (χ3v) is 4.70. The molecule has 1 N–H and O–H groups in total. The fourth-order valence-corrected chi connectivity index (χ4v) is 3.41. The molecule has 114 valence electrons. The minimum Gasteiger partial charge on any atom is -0.323 e. The van der Waals surface area contributed by atoms with Gasteiger partial charge in [-0.1, -0.05) is 19.8 Å². The molecule has 0 aliphatic carbocycles. The van der Waals surface area contributed by atoms with Crippen LogP contribution in [0.15, 0.2) is 0 Å². The molecule has 0 aromatic heterocycles. The van der Waals surface area contributed by atoms with Gasteiger partial charge in [0.15, 0.2) is 0 Å². The van der Waals surface area contributed by atoms with Gasteiger partial charge in [-0.3, -0.25) is 9.69 Å². The number of urea groups is 1. The average molecular weight is 281 g/mol. The number of carbonyl (C=O) groups is 2. The van der Waals surface area contributed by atoms with Gasteiger partial charge in [-0.2, -0.15) is 0 Å². The Morgan fingerprint density at radius 1 is 1.35 bits per heavy atom. The predicted molar refractivity (Wildman–Crippen MR) is 78.4 cm³/mol. The first-order valence-corrected chi connectivity index (χ1v) is 7.82. The summed E-state index contributed by atoms with van der Waals surface area (Å²) in [5.74, 6) is -0.0530. The second-order valence-corrected chi connectivity index (χ2v) is 6.39. The Balaban J connectivity index is 1.92. The number of rotatable bonds is 5. The van der Waals surface area contributed by atoms with Crippen molar-refractivity contribution in [3.63, 3.8) is 0 Å². The largest absolute Gasteiger partial charge is 0.325 e. The van der Waals surface area contributed by atoms with Gasteiger partial charge in [-0.15, -0.1) is 0 Å². The van der Waals surface area contributed by atoms with Gasteiger partial charge in [0.1, 0.15) is 5.54 Å². The molecule has 0 aromatic carbocycles. The van der Waals surface area contributed by atoms with E-state index in [0.29, 0.717) is 19.0 Å². The lowest BCUT2D eigenvalue weighted by Gasteiger charge is -2.33. The standard InChI is InChI=1S/C15H27N3O2/c1-4-9-15(2)13(19)18(14(20)16-15)11-8-12-7-5-6-10-17(12)3/h12H,4-11H2,1-3H3,(H,16,20)/t12-,15-/m1/s1. The van der Waals surface area contributed by atoms with Gasteiger partial charge in [0, 0.05) is 12.6 Å². The third-order valence-electron chi connectivity index (χ3n) is 4.70. The van der Waals surface area contributed by atoms with Crippen LogP contribution < -0.4 is 5.32 Å². The maximum absolute atomic E-state index is 12.4. The molecule has 2 fully saturated rings. The van der Waals surface area contributed by atoms with E-state index >= 15 is 0 Å². The molecular formula is C15H27N3O2. The van der Waals surface area contributed by atoms with Crippen LogP contribution in [0.1, 0.15) is 52.4 Å². The highest BCUT2D eigenvalue weighted by Crippen LogP contribution is 2.24. The van der Waals surface area contributed by atoms with Crippen LogP contribution in [0.2, 0.25) is 0 Å². The van der Waals surface area contributed by atoms with E-state index in [-0.39, 0.29) is 11.9 Å². The molecule has 5 heteroatoms. The number of imide groups is 1. The van der Waals surface area contributed by atoms with Gasteiger partial charge in [-0.05, 0) is 46.2 Å². The number of likely N-dealkylation sites (tertiary alicyclic amines) is 1. The fraction of sp³-hybridized carbons (Fsp3) is 0.867. The molecule has 0 spiro atoms. The van der Waals surface area contributed by atoms with Crippen molar-refractivity contribution in [2.24, 2.45) is 0 Å². The monoisotopic (exact) mass is 281 g/mol. The number of amides is 3. The van der Waals surface area contributed by atoms with Crippen molar-refractivity contribution in [3.05, 3.63) is 0 Å². The quantitative estimate of drug-likeness (QED) is 0.784. The van der Waals surface area contributed by atoms with Crippen LogP contribution in [0.5, 0.6) is 0 Å². The number of hydrogen-bond donors (Lipinski definition) is 1. The molecule has 5 nitrogen and oxygen atoms in total. The van der Waals surface area contributed by atoms with Crippen molar-refractivity contribution in [1.82, 2.24) is 15.1 Å². The Kier molecular flexibility index (Phi) is 4.68. The molecule has 2 aliphatic heterocycles. The number of piperidine rings is 1. The van der Waals surface area contributed by atoms with Crippen LogP contribution in [0.25, 0.3) is 0 Å². The number of nitrogens with zero attached hydrogens (tertiary/aromatic N) is 2. The zero-order valence-electron chi connectivity index (χ0n) is 12.9. The van der Waals surface area contributed by atoms with E-state index in [2.05, 4.69) is 17.3 Å². The van der Waals surface area contributed by atoms with Crippen LogP contribution in [-0.4, -0.2) is 53.5 Å². The Morgan fingerprint density at radius 2 is 2.10 bits per heavy atom. The summed E-state index contributed by atoms with van der Waals surface area (Å²) < 4.78 is 0. The van der Waals surface area contributed by atoms with Crippen molar-refractivity contribution in [3.8, 4) is 0 Å². The lowest BCUT2D eigenvalue weighted by atomic mass is 9.96. The summed E-state index contributed by atoms with van der Waals surface area (Å²) in [6.45, 7) is 5.53. The minimum atomic E-state index is -0.690. The Hall–Kier alpha value is -1.10. The first-order valence-electron chi connectivity index (χ1n) is 7.82. The SMILES string of the molecule is CCC[C@@]1(C)NC(=O)N(CC[C@H]2CCCCN2C)C1=O.